The van der Waals surface area contributed by atoms with Gasteiger partial charge in [0, 0.05) is 37.4 Å². The summed E-state index contributed by atoms with van der Waals surface area (Å²) in [5.41, 5.74) is 4.29. The van der Waals surface area contributed by atoms with E-state index in [9.17, 15) is 18.5 Å². The maximum absolute atomic E-state index is 13.0. The fourth-order valence-corrected chi connectivity index (χ4v) is 7.57. The van der Waals surface area contributed by atoms with E-state index >= 15 is 0 Å². The number of carbonyl (C=O) groups excluding carboxylic acids is 1. The molecule has 0 aromatic heterocycles. The van der Waals surface area contributed by atoms with Crippen LogP contribution in [0.4, 0.5) is 5.69 Å². The predicted octanol–water partition coefficient (Wildman–Crippen LogP) is 2.01. The minimum atomic E-state index is -3.48. The van der Waals surface area contributed by atoms with Crippen molar-refractivity contribution in [1.29, 1.82) is 5.26 Å². The monoisotopic (exact) mass is 486 g/mol. The Hall–Kier alpha value is -2.19. The molecule has 34 heavy (non-hydrogen) atoms. The van der Waals surface area contributed by atoms with E-state index in [-0.39, 0.29) is 36.0 Å². The summed E-state index contributed by atoms with van der Waals surface area (Å²) in [6, 6.07) is 9.45. The number of piperidine rings is 2. The highest BCUT2D eigenvalue weighted by Crippen LogP contribution is 2.36. The van der Waals surface area contributed by atoms with Gasteiger partial charge in [-0.3, -0.25) is 4.79 Å². The molecule has 0 bridgehead atoms. The second-order valence-electron chi connectivity index (χ2n) is 9.91. The van der Waals surface area contributed by atoms with Crippen LogP contribution in [0, 0.1) is 23.2 Å². The Balaban J connectivity index is 1.33. The molecular weight excluding hydrogens is 452 g/mol. The van der Waals surface area contributed by atoms with Gasteiger partial charge in [-0.1, -0.05) is 19.3 Å². The van der Waals surface area contributed by atoms with E-state index in [4.69, 9.17) is 0 Å². The number of nitrogens with one attached hydrogen (secondary N) is 3. The molecule has 3 N–H and O–H groups in total. The van der Waals surface area contributed by atoms with Gasteiger partial charge in [-0.2, -0.15) is 9.57 Å². The second-order valence-corrected chi connectivity index (χ2v) is 11.8. The average Bonchev–Trinajstić information content (AvgIpc) is 3.24. The van der Waals surface area contributed by atoms with Gasteiger partial charge in [-0.15, -0.1) is 0 Å². The molecule has 0 spiro atoms. The fraction of sp³-hybridized carbons (Fsp3) is 0.667. The summed E-state index contributed by atoms with van der Waals surface area (Å²) in [6.07, 6.45) is 7.41. The minimum Gasteiger partial charge on any atom is -0.368 e. The van der Waals surface area contributed by atoms with Gasteiger partial charge in [-0.05, 0) is 56.4 Å². The molecule has 3 unspecified atom stereocenters. The summed E-state index contributed by atoms with van der Waals surface area (Å²) in [7, 11) is -3.48. The summed E-state index contributed by atoms with van der Waals surface area (Å²) in [5, 5.41) is 18.3. The maximum Gasteiger partial charge on any atom is 0.243 e. The first-order valence-electron chi connectivity index (χ1n) is 12.6. The van der Waals surface area contributed by atoms with Gasteiger partial charge in [0.2, 0.25) is 15.9 Å². The standard InChI is InChI=1S/C24H34N6O3S/c25-16-17-6-2-3-7-20(17)30-21-12-13-26-24(31)22(21)23(28-30)27-18-8-10-19(11-9-18)34(32,33)29-14-4-1-5-15-29/h8-11,17,20-23,27-28H,1-7,12-15H2,(H,26,31)/t17-,20+,21?,22?,23?/m1/s1. The number of hydrogen-bond donors (Lipinski definition) is 3. The molecule has 4 aliphatic rings. The highest BCUT2D eigenvalue weighted by Gasteiger charge is 2.51. The van der Waals surface area contributed by atoms with Crippen LogP contribution < -0.4 is 16.1 Å². The molecule has 1 amide bonds. The second kappa shape index (κ2) is 9.82. The molecule has 1 aromatic carbocycles. The Labute approximate surface area is 201 Å². The predicted molar refractivity (Wildman–Crippen MR) is 128 cm³/mol. The van der Waals surface area contributed by atoms with Crippen LogP contribution in [0.1, 0.15) is 51.4 Å². The number of hydrazine groups is 1. The summed E-state index contributed by atoms with van der Waals surface area (Å²) in [5.74, 6) is -0.311. The first-order chi connectivity index (χ1) is 16.5. The number of rotatable bonds is 5. The Bertz CT molecular complexity index is 1030. The van der Waals surface area contributed by atoms with Crippen molar-refractivity contribution < 1.29 is 13.2 Å². The zero-order chi connectivity index (χ0) is 23.7. The van der Waals surface area contributed by atoms with E-state index in [1.54, 1.807) is 28.6 Å². The third-order valence-corrected chi connectivity index (χ3v) is 9.76. The lowest BCUT2D eigenvalue weighted by Crippen LogP contribution is -2.54. The Morgan fingerprint density at radius 1 is 0.971 bits per heavy atom. The molecule has 3 saturated heterocycles. The van der Waals surface area contributed by atoms with Crippen LogP contribution in [-0.4, -0.2) is 61.5 Å². The summed E-state index contributed by atoms with van der Waals surface area (Å²) in [6.45, 7) is 1.79. The summed E-state index contributed by atoms with van der Waals surface area (Å²) < 4.78 is 27.5. The van der Waals surface area contributed by atoms with Crippen molar-refractivity contribution in [1.82, 2.24) is 20.1 Å². The summed E-state index contributed by atoms with van der Waals surface area (Å²) >= 11 is 0. The van der Waals surface area contributed by atoms with Crippen LogP contribution in [0.3, 0.4) is 0 Å². The Kier molecular flexibility index (Phi) is 6.80. The van der Waals surface area contributed by atoms with Crippen molar-refractivity contribution >= 4 is 21.6 Å². The van der Waals surface area contributed by atoms with Crippen LogP contribution in [0.5, 0.6) is 0 Å². The van der Waals surface area contributed by atoms with Crippen LogP contribution >= 0.6 is 0 Å². The lowest BCUT2D eigenvalue weighted by atomic mass is 9.83. The molecule has 5 rings (SSSR count). The third-order valence-electron chi connectivity index (χ3n) is 7.84. The molecule has 0 radical (unpaired) electrons. The molecule has 4 fully saturated rings. The zero-order valence-corrected chi connectivity index (χ0v) is 20.3. The molecule has 1 aliphatic carbocycles. The molecule has 10 heteroatoms. The van der Waals surface area contributed by atoms with Gasteiger partial charge in [0.05, 0.1) is 22.8 Å². The maximum atomic E-state index is 13.0. The number of fused-ring (bicyclic) bond motifs is 1. The number of amides is 1. The minimum absolute atomic E-state index is 0.0114. The summed E-state index contributed by atoms with van der Waals surface area (Å²) in [4.78, 5) is 13.1. The van der Waals surface area contributed by atoms with E-state index in [1.165, 1.54) is 0 Å². The largest absolute Gasteiger partial charge is 0.368 e. The van der Waals surface area contributed by atoms with Crippen molar-refractivity contribution in [2.75, 3.05) is 25.0 Å². The number of anilines is 1. The van der Waals surface area contributed by atoms with Crippen molar-refractivity contribution in [3.8, 4) is 6.07 Å². The molecule has 9 nitrogen and oxygen atoms in total. The number of nitriles is 1. The fourth-order valence-electron chi connectivity index (χ4n) is 6.05. The number of nitrogens with zero attached hydrogens (tertiary/aromatic N) is 3. The van der Waals surface area contributed by atoms with Crippen molar-refractivity contribution in [3.05, 3.63) is 24.3 Å². The van der Waals surface area contributed by atoms with Gasteiger partial charge in [0.25, 0.3) is 0 Å². The van der Waals surface area contributed by atoms with Gasteiger partial charge in [0.15, 0.2) is 0 Å². The molecule has 3 heterocycles. The lowest BCUT2D eigenvalue weighted by Gasteiger charge is -2.39. The smallest absolute Gasteiger partial charge is 0.243 e. The van der Waals surface area contributed by atoms with Crippen LogP contribution in [0.25, 0.3) is 0 Å². The average molecular weight is 487 g/mol. The van der Waals surface area contributed by atoms with E-state index in [0.29, 0.717) is 24.5 Å². The molecule has 1 saturated carbocycles. The Morgan fingerprint density at radius 2 is 1.71 bits per heavy atom. The molecule has 184 valence electrons. The van der Waals surface area contributed by atoms with Gasteiger partial charge >= 0.3 is 0 Å². The van der Waals surface area contributed by atoms with Gasteiger partial charge in [0.1, 0.15) is 6.17 Å². The molecule has 3 aliphatic heterocycles. The van der Waals surface area contributed by atoms with Crippen LogP contribution in [0.2, 0.25) is 0 Å². The topological polar surface area (TPSA) is 118 Å². The number of benzene rings is 1. The SMILES string of the molecule is N#C[C@H]1CCCC[C@@H]1N1NC(Nc2ccc(S(=O)(=O)N3CCCCC3)cc2)C2C(=O)NCCC21. The van der Waals surface area contributed by atoms with Crippen molar-refractivity contribution in [2.24, 2.45) is 11.8 Å². The van der Waals surface area contributed by atoms with E-state index < -0.39 is 10.0 Å². The van der Waals surface area contributed by atoms with Crippen molar-refractivity contribution in [2.45, 2.75) is 74.5 Å². The van der Waals surface area contributed by atoms with Crippen LogP contribution in [0.15, 0.2) is 29.2 Å². The highest BCUT2D eigenvalue weighted by atomic mass is 32.2. The molecule has 1 aromatic rings. The quantitative estimate of drug-likeness (QED) is 0.583. The van der Waals surface area contributed by atoms with Crippen LogP contribution in [-0.2, 0) is 14.8 Å². The van der Waals surface area contributed by atoms with Gasteiger partial charge in [-0.25, -0.2) is 18.9 Å². The normalized spacial score (nSPS) is 33.0. The first kappa shape index (κ1) is 23.5. The number of carbonyl (C=O) groups is 1. The van der Waals surface area contributed by atoms with Crippen molar-refractivity contribution in [3.63, 3.8) is 0 Å². The number of hydrogen-bond acceptors (Lipinski definition) is 7. The molecular formula is C24H34N6O3S. The first-order valence-corrected chi connectivity index (χ1v) is 14.0. The third kappa shape index (κ3) is 4.42. The zero-order valence-electron chi connectivity index (χ0n) is 19.4. The van der Waals surface area contributed by atoms with E-state index in [1.807, 2.05) is 0 Å². The van der Waals surface area contributed by atoms with Gasteiger partial charge < -0.3 is 10.6 Å². The lowest BCUT2D eigenvalue weighted by molar-refractivity contribution is -0.128. The van der Waals surface area contributed by atoms with E-state index in [2.05, 4.69) is 27.1 Å². The highest BCUT2D eigenvalue weighted by molar-refractivity contribution is 7.89. The van der Waals surface area contributed by atoms with E-state index in [0.717, 1.165) is 57.1 Å². The number of sulfonamides is 1. The molecule has 5 atom stereocenters. The Morgan fingerprint density at radius 3 is 2.44 bits per heavy atom.